The lowest BCUT2D eigenvalue weighted by Gasteiger charge is -2.43. The van der Waals surface area contributed by atoms with Crippen molar-refractivity contribution in [1.29, 1.82) is 0 Å². The zero-order chi connectivity index (χ0) is 37.4. The summed E-state index contributed by atoms with van der Waals surface area (Å²) in [6.45, 7) is 20.9. The van der Waals surface area contributed by atoms with Gasteiger partial charge in [-0.2, -0.15) is 0 Å². The van der Waals surface area contributed by atoms with E-state index in [1.54, 1.807) is 6.07 Å². The van der Waals surface area contributed by atoms with Gasteiger partial charge in [0.15, 0.2) is 17.3 Å². The van der Waals surface area contributed by atoms with Gasteiger partial charge in [0.05, 0.1) is 17.9 Å². The van der Waals surface area contributed by atoms with Crippen LogP contribution in [-0.4, -0.2) is 84.9 Å². The molecule has 2 aliphatic rings. The second-order valence-corrected chi connectivity index (χ2v) is 17.1. The van der Waals surface area contributed by atoms with E-state index >= 15 is 0 Å². The van der Waals surface area contributed by atoms with Gasteiger partial charge in [-0.1, -0.05) is 65.8 Å². The highest BCUT2D eigenvalue weighted by Gasteiger charge is 2.32. The zero-order valence-corrected chi connectivity index (χ0v) is 32.3. The predicted octanol–water partition coefficient (Wildman–Crippen LogP) is 6.88. The largest absolute Gasteiger partial charge is 0.484 e. The number of benzene rings is 1. The molecule has 3 aromatic heterocycles. The second-order valence-electron chi connectivity index (χ2n) is 17.1. The summed E-state index contributed by atoms with van der Waals surface area (Å²) in [5.74, 6) is 1.92. The van der Waals surface area contributed by atoms with Crippen molar-refractivity contribution in [1.82, 2.24) is 39.7 Å². The summed E-state index contributed by atoms with van der Waals surface area (Å²) >= 11 is 0. The summed E-state index contributed by atoms with van der Waals surface area (Å²) in [4.78, 5) is 41.2. The second kappa shape index (κ2) is 14.5. The smallest absolute Gasteiger partial charge is 0.320 e. The van der Waals surface area contributed by atoms with Gasteiger partial charge in [-0.25, -0.2) is 14.8 Å². The highest BCUT2D eigenvalue weighted by Crippen LogP contribution is 2.39. The van der Waals surface area contributed by atoms with Crippen molar-refractivity contribution in [2.24, 2.45) is 0 Å². The minimum Gasteiger partial charge on any atom is -0.484 e. The predicted molar refractivity (Wildman–Crippen MR) is 203 cm³/mol. The maximum atomic E-state index is 13.6. The number of carbonyl (C=O) groups is 2. The van der Waals surface area contributed by atoms with Crippen molar-refractivity contribution >= 4 is 23.3 Å². The van der Waals surface area contributed by atoms with Crippen LogP contribution in [0.3, 0.4) is 0 Å². The van der Waals surface area contributed by atoms with Gasteiger partial charge in [0, 0.05) is 55.0 Å². The quantitative estimate of drug-likeness (QED) is 0.179. The van der Waals surface area contributed by atoms with E-state index in [1.807, 2.05) is 61.7 Å². The Balaban J connectivity index is 1.14. The molecule has 0 radical (unpaired) electrons. The maximum absolute atomic E-state index is 13.6. The molecule has 4 heterocycles. The van der Waals surface area contributed by atoms with Crippen LogP contribution in [0.4, 0.5) is 10.6 Å². The molecule has 12 nitrogen and oxygen atoms in total. The molecule has 6 rings (SSSR count). The van der Waals surface area contributed by atoms with E-state index in [-0.39, 0.29) is 46.2 Å². The van der Waals surface area contributed by atoms with E-state index in [9.17, 15) is 9.59 Å². The number of carbonyl (C=O) groups excluding carboxylic acids is 2. The van der Waals surface area contributed by atoms with Crippen LogP contribution in [0, 0.1) is 0 Å². The molecular formula is C40H55N9O3. The summed E-state index contributed by atoms with van der Waals surface area (Å²) < 4.78 is 8.57. The molecule has 0 saturated carbocycles. The topological polar surface area (TPSA) is 130 Å². The SMILES string of the molecule is CN1CCN(C(C)(C)CCC(=O)c2nc(NC(=O)N[C@H]3CC[C@@H](Oc4ccc5nnc(C(C)(C)C)n5c4)c4ccccc43)cc(C(C)(C)C)n2)CC1. The van der Waals surface area contributed by atoms with Crippen molar-refractivity contribution in [2.45, 2.75) is 110 Å². The zero-order valence-electron chi connectivity index (χ0n) is 32.3. The van der Waals surface area contributed by atoms with Crippen LogP contribution in [0.2, 0.25) is 0 Å². The normalized spacial score (nSPS) is 18.9. The lowest BCUT2D eigenvalue weighted by atomic mass is 9.85. The van der Waals surface area contributed by atoms with Crippen LogP contribution < -0.4 is 15.4 Å². The summed E-state index contributed by atoms with van der Waals surface area (Å²) in [5.41, 5.74) is 2.86. The van der Waals surface area contributed by atoms with E-state index in [1.165, 1.54) is 0 Å². The number of ether oxygens (including phenoxy) is 1. The Hall–Kier alpha value is -4.42. The molecule has 0 spiro atoms. The molecule has 1 aromatic carbocycles. The Bertz CT molecular complexity index is 1920. The third-order valence-corrected chi connectivity index (χ3v) is 10.4. The minimum absolute atomic E-state index is 0.123. The molecule has 1 aliphatic heterocycles. The van der Waals surface area contributed by atoms with Gasteiger partial charge in [-0.3, -0.25) is 19.4 Å². The van der Waals surface area contributed by atoms with Crippen LogP contribution in [-0.2, 0) is 10.8 Å². The lowest BCUT2D eigenvalue weighted by Crippen LogP contribution is -2.53. The highest BCUT2D eigenvalue weighted by atomic mass is 16.5. The average Bonchev–Trinajstić information content (AvgIpc) is 3.52. The summed E-state index contributed by atoms with van der Waals surface area (Å²) in [6, 6.07) is 13.1. The van der Waals surface area contributed by atoms with Gasteiger partial charge in [0.1, 0.15) is 23.5 Å². The van der Waals surface area contributed by atoms with E-state index in [2.05, 4.69) is 88.3 Å². The fourth-order valence-corrected chi connectivity index (χ4v) is 7.07. The number of amides is 2. The average molecular weight is 710 g/mol. The number of hydrogen-bond donors (Lipinski definition) is 2. The maximum Gasteiger partial charge on any atom is 0.320 e. The van der Waals surface area contributed by atoms with Crippen molar-refractivity contribution in [3.05, 3.63) is 77.1 Å². The summed E-state index contributed by atoms with van der Waals surface area (Å²) in [6.07, 6.45) is 4.18. The van der Waals surface area contributed by atoms with Gasteiger partial charge >= 0.3 is 6.03 Å². The fourth-order valence-electron chi connectivity index (χ4n) is 7.07. The van der Waals surface area contributed by atoms with Gasteiger partial charge < -0.3 is 15.0 Å². The number of rotatable bonds is 9. The highest BCUT2D eigenvalue weighted by molar-refractivity contribution is 5.94. The first kappa shape index (κ1) is 37.3. The summed E-state index contributed by atoms with van der Waals surface area (Å²) in [7, 11) is 2.14. The first-order chi connectivity index (χ1) is 24.5. The molecular weight excluding hydrogens is 654 g/mol. The molecule has 2 amide bonds. The molecule has 4 aromatic rings. The standard InChI is InChI=1S/C40H55N9O3/c1-38(2,3)32-24-33(43-35(42-32)30(50)18-19-40(7,8)48-22-20-47(9)21-23-48)44-37(51)41-29-15-16-31(28-13-11-10-12-27(28)29)52-26-14-17-34-45-46-36(39(4,5)6)49(34)25-26/h10-14,17,24-25,29,31H,15-16,18-23H2,1-9H3,(H2,41,42,43,44,51)/t29-,31+/m0/s1. The Morgan fingerprint density at radius 1 is 0.865 bits per heavy atom. The van der Waals surface area contributed by atoms with E-state index in [0.717, 1.165) is 54.5 Å². The third kappa shape index (κ3) is 8.44. The number of nitrogens with one attached hydrogen (secondary N) is 2. The van der Waals surface area contributed by atoms with E-state index in [4.69, 9.17) is 4.74 Å². The number of anilines is 1. The summed E-state index contributed by atoms with van der Waals surface area (Å²) in [5, 5.41) is 14.8. The van der Waals surface area contributed by atoms with Gasteiger partial charge in [-0.05, 0) is 63.4 Å². The first-order valence-corrected chi connectivity index (χ1v) is 18.5. The number of Topliss-reactive ketones (excluding diaryl/α,β-unsaturated/α-hetero) is 1. The first-order valence-electron chi connectivity index (χ1n) is 18.5. The number of hydrogen-bond acceptors (Lipinski definition) is 9. The van der Waals surface area contributed by atoms with Gasteiger partial charge in [0.2, 0.25) is 0 Å². The molecule has 12 heteroatoms. The number of fused-ring (bicyclic) bond motifs is 2. The molecule has 1 saturated heterocycles. The molecule has 1 fully saturated rings. The number of nitrogens with zero attached hydrogens (tertiary/aromatic N) is 7. The number of urea groups is 1. The molecule has 0 unspecified atom stereocenters. The Kier molecular flexibility index (Phi) is 10.4. The van der Waals surface area contributed by atoms with Gasteiger partial charge in [0.25, 0.3) is 0 Å². The molecule has 0 bridgehead atoms. The van der Waals surface area contributed by atoms with Crippen LogP contribution in [0.5, 0.6) is 5.75 Å². The third-order valence-electron chi connectivity index (χ3n) is 10.4. The monoisotopic (exact) mass is 709 g/mol. The van der Waals surface area contributed by atoms with Crippen LogP contribution >= 0.6 is 0 Å². The lowest BCUT2D eigenvalue weighted by molar-refractivity contribution is 0.0535. The minimum atomic E-state index is -0.389. The van der Waals surface area contributed by atoms with Crippen LogP contribution in [0.15, 0.2) is 48.7 Å². The van der Waals surface area contributed by atoms with Crippen molar-refractivity contribution in [2.75, 3.05) is 38.5 Å². The number of likely N-dealkylation sites (N-methyl/N-ethyl adjacent to an activating group) is 1. The number of aromatic nitrogens is 5. The van der Waals surface area contributed by atoms with E-state index in [0.29, 0.717) is 37.2 Å². The molecule has 278 valence electrons. The van der Waals surface area contributed by atoms with E-state index < -0.39 is 0 Å². The Morgan fingerprint density at radius 3 is 2.27 bits per heavy atom. The molecule has 52 heavy (non-hydrogen) atoms. The van der Waals surface area contributed by atoms with Crippen molar-refractivity contribution in [3.8, 4) is 5.75 Å². The molecule has 2 atom stereocenters. The number of piperazine rings is 1. The van der Waals surface area contributed by atoms with Crippen molar-refractivity contribution < 1.29 is 14.3 Å². The van der Waals surface area contributed by atoms with Crippen molar-refractivity contribution in [3.63, 3.8) is 0 Å². The Morgan fingerprint density at radius 2 is 1.58 bits per heavy atom. The van der Waals surface area contributed by atoms with Crippen LogP contribution in [0.25, 0.3) is 5.65 Å². The number of ketones is 1. The van der Waals surface area contributed by atoms with Gasteiger partial charge in [-0.15, -0.1) is 10.2 Å². The fraction of sp³-hybridized carbons (Fsp3) is 0.550. The number of pyridine rings is 1. The molecule has 2 N–H and O–H groups in total. The Labute approximate surface area is 307 Å². The molecule has 1 aliphatic carbocycles. The van der Waals surface area contributed by atoms with Crippen LogP contribution in [0.1, 0.15) is 126 Å².